The molecule has 0 saturated heterocycles. The van der Waals surface area contributed by atoms with Crippen LogP contribution in [0.15, 0.2) is 16.7 Å². The first kappa shape index (κ1) is 11.3. The average molecular weight is 197 g/mol. The molecule has 0 aromatic carbocycles. The van der Waals surface area contributed by atoms with Crippen LogP contribution in [0.5, 0.6) is 0 Å². The Morgan fingerprint density at radius 3 is 2.79 bits per heavy atom. The Kier molecular flexibility index (Phi) is 4.17. The maximum atomic E-state index is 8.92. The van der Waals surface area contributed by atoms with Crippen molar-refractivity contribution in [3.8, 4) is 0 Å². The van der Waals surface area contributed by atoms with E-state index in [0.29, 0.717) is 5.92 Å². The summed E-state index contributed by atoms with van der Waals surface area (Å²) in [7, 11) is 2.05. The summed E-state index contributed by atoms with van der Waals surface area (Å²) in [6.07, 6.45) is 1.72. The summed E-state index contributed by atoms with van der Waals surface area (Å²) in [4.78, 5) is 2.19. The van der Waals surface area contributed by atoms with E-state index in [2.05, 4.69) is 11.9 Å². The second-order valence-electron chi connectivity index (χ2n) is 3.99. The summed E-state index contributed by atoms with van der Waals surface area (Å²) in [6, 6.07) is 2.00. The van der Waals surface area contributed by atoms with E-state index in [4.69, 9.17) is 9.52 Å². The van der Waals surface area contributed by atoms with Gasteiger partial charge in [0.15, 0.2) is 0 Å². The van der Waals surface area contributed by atoms with Gasteiger partial charge in [-0.3, -0.25) is 0 Å². The van der Waals surface area contributed by atoms with Crippen LogP contribution in [0.3, 0.4) is 0 Å². The van der Waals surface area contributed by atoms with E-state index in [0.717, 1.165) is 18.8 Å². The van der Waals surface area contributed by atoms with E-state index in [1.54, 1.807) is 6.26 Å². The summed E-state index contributed by atoms with van der Waals surface area (Å²) in [5.41, 5.74) is 1.22. The van der Waals surface area contributed by atoms with Crippen molar-refractivity contribution < 1.29 is 9.52 Å². The zero-order chi connectivity index (χ0) is 10.6. The van der Waals surface area contributed by atoms with Gasteiger partial charge in [-0.2, -0.15) is 0 Å². The topological polar surface area (TPSA) is 36.6 Å². The third kappa shape index (κ3) is 3.16. The highest BCUT2D eigenvalue weighted by molar-refractivity contribution is 5.14. The highest BCUT2D eigenvalue weighted by Crippen LogP contribution is 2.11. The Morgan fingerprint density at radius 2 is 2.29 bits per heavy atom. The Labute approximate surface area is 85.3 Å². The molecule has 0 amide bonds. The van der Waals surface area contributed by atoms with Gasteiger partial charge in [-0.15, -0.1) is 0 Å². The van der Waals surface area contributed by atoms with Crippen molar-refractivity contribution in [2.75, 3.05) is 20.2 Å². The first-order chi connectivity index (χ1) is 6.63. The van der Waals surface area contributed by atoms with Crippen LogP contribution in [0, 0.1) is 12.8 Å². The Hall–Kier alpha value is -0.800. The molecule has 1 heterocycles. The van der Waals surface area contributed by atoms with E-state index in [1.165, 1.54) is 5.56 Å². The standard InChI is InChI=1S/C11H19NO2/c1-9(8-13)6-12(3)7-11-4-5-14-10(11)2/h4-5,9,13H,6-8H2,1-3H3. The zero-order valence-corrected chi connectivity index (χ0v) is 9.16. The fourth-order valence-corrected chi connectivity index (χ4v) is 1.52. The molecule has 0 radical (unpaired) electrons. The fraction of sp³-hybridized carbons (Fsp3) is 0.636. The van der Waals surface area contributed by atoms with Crippen LogP contribution in [0.2, 0.25) is 0 Å². The van der Waals surface area contributed by atoms with Crippen LogP contribution in [-0.4, -0.2) is 30.2 Å². The van der Waals surface area contributed by atoms with E-state index in [-0.39, 0.29) is 6.61 Å². The molecule has 0 fully saturated rings. The Balaban J connectivity index is 2.41. The number of nitrogens with zero attached hydrogens (tertiary/aromatic N) is 1. The highest BCUT2D eigenvalue weighted by Gasteiger charge is 2.08. The zero-order valence-electron chi connectivity index (χ0n) is 9.16. The van der Waals surface area contributed by atoms with Gasteiger partial charge in [0.25, 0.3) is 0 Å². The third-order valence-electron chi connectivity index (χ3n) is 2.34. The molecular formula is C11H19NO2. The van der Waals surface area contributed by atoms with Gasteiger partial charge in [-0.25, -0.2) is 0 Å². The SMILES string of the molecule is Cc1occc1CN(C)CC(C)CO. The molecule has 1 unspecified atom stereocenters. The summed E-state index contributed by atoms with van der Waals surface area (Å²) in [5.74, 6) is 1.31. The van der Waals surface area contributed by atoms with Gasteiger partial charge in [-0.1, -0.05) is 6.92 Å². The van der Waals surface area contributed by atoms with E-state index in [9.17, 15) is 0 Å². The third-order valence-corrected chi connectivity index (χ3v) is 2.34. The van der Waals surface area contributed by atoms with E-state index >= 15 is 0 Å². The maximum absolute atomic E-state index is 8.92. The highest BCUT2D eigenvalue weighted by atomic mass is 16.3. The predicted molar refractivity (Wildman–Crippen MR) is 56.0 cm³/mol. The quantitative estimate of drug-likeness (QED) is 0.779. The minimum atomic E-state index is 0.245. The van der Waals surface area contributed by atoms with E-state index < -0.39 is 0 Å². The number of furan rings is 1. The van der Waals surface area contributed by atoms with Crippen molar-refractivity contribution in [1.82, 2.24) is 4.90 Å². The van der Waals surface area contributed by atoms with Gasteiger partial charge in [0.1, 0.15) is 5.76 Å². The van der Waals surface area contributed by atoms with Gasteiger partial charge >= 0.3 is 0 Å². The first-order valence-corrected chi connectivity index (χ1v) is 4.96. The average Bonchev–Trinajstić information content (AvgIpc) is 2.51. The molecule has 3 heteroatoms. The van der Waals surface area contributed by atoms with E-state index in [1.807, 2.05) is 19.9 Å². The molecule has 3 nitrogen and oxygen atoms in total. The molecule has 0 aliphatic rings. The second-order valence-corrected chi connectivity index (χ2v) is 3.99. The lowest BCUT2D eigenvalue weighted by Gasteiger charge is -2.19. The largest absolute Gasteiger partial charge is 0.469 e. The van der Waals surface area contributed by atoms with Crippen LogP contribution in [0.1, 0.15) is 18.2 Å². The molecule has 1 atom stereocenters. The number of hydrogen-bond donors (Lipinski definition) is 1. The number of hydrogen-bond acceptors (Lipinski definition) is 3. The predicted octanol–water partition coefficient (Wildman–Crippen LogP) is 1.65. The summed E-state index contributed by atoms with van der Waals surface area (Å²) < 4.78 is 5.22. The van der Waals surface area contributed by atoms with Crippen molar-refractivity contribution in [2.24, 2.45) is 5.92 Å². The van der Waals surface area contributed by atoms with Crippen molar-refractivity contribution in [3.05, 3.63) is 23.7 Å². The number of aryl methyl sites for hydroxylation is 1. The Morgan fingerprint density at radius 1 is 1.57 bits per heavy atom. The lowest BCUT2D eigenvalue weighted by molar-refractivity contribution is 0.187. The van der Waals surface area contributed by atoms with Gasteiger partial charge in [-0.05, 0) is 26.0 Å². The second kappa shape index (κ2) is 5.17. The minimum Gasteiger partial charge on any atom is -0.469 e. The molecule has 0 aliphatic heterocycles. The summed E-state index contributed by atoms with van der Waals surface area (Å²) >= 11 is 0. The summed E-state index contributed by atoms with van der Waals surface area (Å²) in [5, 5.41) is 8.92. The molecule has 0 spiro atoms. The fourth-order valence-electron chi connectivity index (χ4n) is 1.52. The van der Waals surface area contributed by atoms with Crippen LogP contribution in [0.25, 0.3) is 0 Å². The van der Waals surface area contributed by atoms with Crippen molar-refractivity contribution in [3.63, 3.8) is 0 Å². The van der Waals surface area contributed by atoms with Crippen LogP contribution in [-0.2, 0) is 6.54 Å². The monoisotopic (exact) mass is 197 g/mol. The lowest BCUT2D eigenvalue weighted by Crippen LogP contribution is -2.25. The van der Waals surface area contributed by atoms with Crippen molar-refractivity contribution in [2.45, 2.75) is 20.4 Å². The summed E-state index contributed by atoms with van der Waals surface area (Å²) in [6.45, 7) is 6.04. The minimum absolute atomic E-state index is 0.245. The molecule has 80 valence electrons. The molecule has 0 saturated carbocycles. The first-order valence-electron chi connectivity index (χ1n) is 4.96. The lowest BCUT2D eigenvalue weighted by atomic mass is 10.1. The van der Waals surface area contributed by atoms with Crippen LogP contribution in [0.4, 0.5) is 0 Å². The van der Waals surface area contributed by atoms with Gasteiger partial charge in [0.2, 0.25) is 0 Å². The molecule has 1 aromatic rings. The molecule has 1 aromatic heterocycles. The smallest absolute Gasteiger partial charge is 0.105 e. The van der Waals surface area contributed by atoms with Gasteiger partial charge < -0.3 is 14.4 Å². The molecule has 0 bridgehead atoms. The number of rotatable bonds is 5. The molecule has 1 N–H and O–H groups in total. The van der Waals surface area contributed by atoms with Gasteiger partial charge in [0.05, 0.1) is 6.26 Å². The maximum Gasteiger partial charge on any atom is 0.105 e. The normalized spacial score (nSPS) is 13.5. The molecule has 1 rings (SSSR count). The van der Waals surface area contributed by atoms with Crippen molar-refractivity contribution >= 4 is 0 Å². The molecular weight excluding hydrogens is 178 g/mol. The van der Waals surface area contributed by atoms with Crippen LogP contribution >= 0.6 is 0 Å². The molecule has 14 heavy (non-hydrogen) atoms. The van der Waals surface area contributed by atoms with Crippen LogP contribution < -0.4 is 0 Å². The molecule has 0 aliphatic carbocycles. The van der Waals surface area contributed by atoms with Crippen molar-refractivity contribution in [1.29, 1.82) is 0 Å². The number of aliphatic hydroxyl groups excluding tert-OH is 1. The number of aliphatic hydroxyl groups is 1. The van der Waals surface area contributed by atoms with Gasteiger partial charge in [0, 0.05) is 25.3 Å². The Bertz CT molecular complexity index is 270.